The number of benzene rings is 1. The molecule has 1 aromatic rings. The van der Waals surface area contributed by atoms with E-state index in [4.69, 9.17) is 21.4 Å². The first-order valence-electron chi connectivity index (χ1n) is 6.95. The Kier molecular flexibility index (Phi) is 5.37. The van der Waals surface area contributed by atoms with Gasteiger partial charge in [0.1, 0.15) is 5.82 Å². The normalized spacial score (nSPS) is 17.0. The number of ether oxygens (including phenoxy) is 1. The molecule has 1 aliphatic heterocycles. The number of aliphatic carboxylic acids is 1. The van der Waals surface area contributed by atoms with Gasteiger partial charge in [0.05, 0.1) is 18.4 Å². The topological polar surface area (TPSA) is 75.6 Å². The molecule has 0 bridgehead atoms. The lowest BCUT2D eigenvalue weighted by Gasteiger charge is -2.36. The molecule has 1 fully saturated rings. The largest absolute Gasteiger partial charge is 0.481 e. The molecule has 0 aliphatic carbocycles. The minimum absolute atomic E-state index is 0.0264. The van der Waals surface area contributed by atoms with Crippen molar-refractivity contribution in [2.75, 3.05) is 13.2 Å². The van der Waals surface area contributed by atoms with Gasteiger partial charge in [-0.15, -0.1) is 0 Å². The Morgan fingerprint density at radius 1 is 1.36 bits per heavy atom. The van der Waals surface area contributed by atoms with Gasteiger partial charge in [0, 0.05) is 18.2 Å². The number of halogens is 2. The zero-order valence-electron chi connectivity index (χ0n) is 11.9. The van der Waals surface area contributed by atoms with Crippen molar-refractivity contribution in [2.45, 2.75) is 31.2 Å². The summed E-state index contributed by atoms with van der Waals surface area (Å²) in [5, 5.41) is 12.0. The second-order valence-corrected chi connectivity index (χ2v) is 5.83. The van der Waals surface area contributed by atoms with Crippen LogP contribution in [0, 0.1) is 5.82 Å². The van der Waals surface area contributed by atoms with Gasteiger partial charge in [-0.1, -0.05) is 17.7 Å². The average Bonchev–Trinajstić information content (AvgIpc) is 2.42. The molecule has 0 saturated carbocycles. The molecule has 0 unspecified atom stereocenters. The highest BCUT2D eigenvalue weighted by atomic mass is 35.5. The predicted octanol–water partition coefficient (Wildman–Crippen LogP) is 2.16. The molecule has 1 heterocycles. The van der Waals surface area contributed by atoms with E-state index in [2.05, 4.69) is 5.32 Å². The van der Waals surface area contributed by atoms with Gasteiger partial charge >= 0.3 is 5.97 Å². The summed E-state index contributed by atoms with van der Waals surface area (Å²) in [7, 11) is 0. The summed E-state index contributed by atoms with van der Waals surface area (Å²) in [5.74, 6) is -1.78. The van der Waals surface area contributed by atoms with Crippen molar-refractivity contribution in [1.29, 1.82) is 0 Å². The summed E-state index contributed by atoms with van der Waals surface area (Å²) < 4.78 is 18.2. The van der Waals surface area contributed by atoms with Crippen LogP contribution in [0.1, 0.15) is 24.8 Å². The standard InChI is InChI=1S/C15H17ClFNO4/c16-12-8-11(17)2-1-10(12)7-13(19)18-15(9-14(20)21)3-5-22-6-4-15/h1-2,8H,3-7,9H2,(H,18,19)(H,20,21). The Balaban J connectivity index is 2.06. The summed E-state index contributed by atoms with van der Waals surface area (Å²) in [6, 6.07) is 3.83. The van der Waals surface area contributed by atoms with Gasteiger partial charge in [0.25, 0.3) is 0 Å². The number of hydrogen-bond acceptors (Lipinski definition) is 3. The second kappa shape index (κ2) is 7.07. The number of hydrogen-bond donors (Lipinski definition) is 2. The van der Waals surface area contributed by atoms with E-state index in [9.17, 15) is 14.0 Å². The van der Waals surface area contributed by atoms with Crippen molar-refractivity contribution in [3.05, 3.63) is 34.6 Å². The number of carbonyl (C=O) groups excluding carboxylic acids is 1. The van der Waals surface area contributed by atoms with Crippen molar-refractivity contribution >= 4 is 23.5 Å². The van der Waals surface area contributed by atoms with Crippen molar-refractivity contribution in [1.82, 2.24) is 5.32 Å². The Hall–Kier alpha value is -1.66. The summed E-state index contributed by atoms with van der Waals surface area (Å²) in [6.07, 6.45) is 0.713. The Morgan fingerprint density at radius 3 is 2.64 bits per heavy atom. The number of nitrogens with one attached hydrogen (secondary N) is 1. The fourth-order valence-electron chi connectivity index (χ4n) is 2.58. The molecule has 2 rings (SSSR count). The lowest BCUT2D eigenvalue weighted by molar-refractivity contribution is -0.140. The molecule has 2 N–H and O–H groups in total. The number of carboxylic acid groups (broad SMARTS) is 1. The summed E-state index contributed by atoms with van der Waals surface area (Å²) in [6.45, 7) is 0.815. The van der Waals surface area contributed by atoms with Crippen LogP contribution in [-0.4, -0.2) is 35.7 Å². The highest BCUT2D eigenvalue weighted by Gasteiger charge is 2.36. The van der Waals surface area contributed by atoms with E-state index < -0.39 is 17.3 Å². The van der Waals surface area contributed by atoms with Crippen LogP contribution in [0.3, 0.4) is 0 Å². The first-order valence-corrected chi connectivity index (χ1v) is 7.32. The first kappa shape index (κ1) is 16.7. The van der Waals surface area contributed by atoms with Crippen LogP contribution >= 0.6 is 11.6 Å². The van der Waals surface area contributed by atoms with Gasteiger partial charge in [-0.2, -0.15) is 0 Å². The maximum atomic E-state index is 13.0. The molecule has 5 nitrogen and oxygen atoms in total. The van der Waals surface area contributed by atoms with Crippen LogP contribution in [0.2, 0.25) is 5.02 Å². The van der Waals surface area contributed by atoms with Crippen molar-refractivity contribution < 1.29 is 23.8 Å². The maximum absolute atomic E-state index is 13.0. The minimum Gasteiger partial charge on any atom is -0.481 e. The fourth-order valence-corrected chi connectivity index (χ4v) is 2.81. The first-order chi connectivity index (χ1) is 10.4. The second-order valence-electron chi connectivity index (χ2n) is 5.42. The number of rotatable bonds is 5. The van der Waals surface area contributed by atoms with E-state index in [1.54, 1.807) is 0 Å². The lowest BCUT2D eigenvalue weighted by Crippen LogP contribution is -2.53. The van der Waals surface area contributed by atoms with Gasteiger partial charge in [-0.3, -0.25) is 9.59 Å². The van der Waals surface area contributed by atoms with Crippen molar-refractivity contribution in [3.8, 4) is 0 Å². The third kappa shape index (κ3) is 4.42. The average molecular weight is 330 g/mol. The molecule has 0 atom stereocenters. The molecular formula is C15H17ClFNO4. The van der Waals surface area contributed by atoms with Gasteiger partial charge in [-0.05, 0) is 30.5 Å². The van der Waals surface area contributed by atoms with Crippen LogP contribution in [0.25, 0.3) is 0 Å². The van der Waals surface area contributed by atoms with Gasteiger partial charge in [-0.25, -0.2) is 4.39 Å². The molecule has 1 aliphatic rings. The summed E-state index contributed by atoms with van der Waals surface area (Å²) >= 11 is 5.90. The molecule has 120 valence electrons. The van der Waals surface area contributed by atoms with Crippen LogP contribution in [0.4, 0.5) is 4.39 Å². The van der Waals surface area contributed by atoms with Crippen LogP contribution in [-0.2, 0) is 20.7 Å². The van der Waals surface area contributed by atoms with E-state index in [0.717, 1.165) is 6.07 Å². The van der Waals surface area contributed by atoms with Gasteiger partial charge in [0.2, 0.25) is 5.91 Å². The third-order valence-corrected chi connectivity index (χ3v) is 4.06. The molecular weight excluding hydrogens is 313 g/mol. The summed E-state index contributed by atoms with van der Waals surface area (Å²) in [5.41, 5.74) is -0.300. The van der Waals surface area contributed by atoms with Gasteiger partial charge < -0.3 is 15.2 Å². The SMILES string of the molecule is O=C(O)CC1(NC(=O)Cc2ccc(F)cc2Cl)CCOCC1. The van der Waals surface area contributed by atoms with E-state index in [0.29, 0.717) is 31.6 Å². The molecule has 0 spiro atoms. The predicted molar refractivity (Wildman–Crippen MR) is 78.3 cm³/mol. The molecule has 0 radical (unpaired) electrons. The van der Waals surface area contributed by atoms with Gasteiger partial charge in [0.15, 0.2) is 0 Å². The van der Waals surface area contributed by atoms with Crippen LogP contribution in [0.5, 0.6) is 0 Å². The summed E-state index contributed by atoms with van der Waals surface area (Å²) in [4.78, 5) is 23.3. The molecule has 0 aromatic heterocycles. The highest BCUT2D eigenvalue weighted by Crippen LogP contribution is 2.25. The maximum Gasteiger partial charge on any atom is 0.305 e. The van der Waals surface area contributed by atoms with E-state index >= 15 is 0 Å². The monoisotopic (exact) mass is 329 g/mol. The number of carbonyl (C=O) groups is 2. The number of carboxylic acids is 1. The molecule has 1 amide bonds. The zero-order chi connectivity index (χ0) is 16.2. The zero-order valence-corrected chi connectivity index (χ0v) is 12.7. The van der Waals surface area contributed by atoms with Crippen molar-refractivity contribution in [3.63, 3.8) is 0 Å². The highest BCUT2D eigenvalue weighted by molar-refractivity contribution is 6.31. The Bertz CT molecular complexity index is 573. The van der Waals surface area contributed by atoms with Crippen LogP contribution in [0.15, 0.2) is 18.2 Å². The van der Waals surface area contributed by atoms with E-state index in [-0.39, 0.29) is 23.8 Å². The van der Waals surface area contributed by atoms with E-state index in [1.165, 1.54) is 12.1 Å². The third-order valence-electron chi connectivity index (χ3n) is 3.71. The number of amides is 1. The minimum atomic E-state index is -0.970. The van der Waals surface area contributed by atoms with E-state index in [1.807, 2.05) is 0 Å². The quantitative estimate of drug-likeness (QED) is 0.868. The van der Waals surface area contributed by atoms with Crippen molar-refractivity contribution in [2.24, 2.45) is 0 Å². The molecule has 22 heavy (non-hydrogen) atoms. The lowest BCUT2D eigenvalue weighted by atomic mass is 9.86. The van der Waals surface area contributed by atoms with Crippen LogP contribution < -0.4 is 5.32 Å². The molecule has 7 heteroatoms. The Morgan fingerprint density at radius 2 is 2.05 bits per heavy atom. The molecule has 1 aromatic carbocycles. The Labute approximate surface area is 132 Å². The molecule has 1 saturated heterocycles. The fraction of sp³-hybridized carbons (Fsp3) is 0.467. The smallest absolute Gasteiger partial charge is 0.305 e.